The quantitative estimate of drug-likeness (QED) is 0.616. The second-order valence-corrected chi connectivity index (χ2v) is 8.93. The number of methoxy groups -OCH3 is 1. The third-order valence-corrected chi connectivity index (χ3v) is 6.85. The second-order valence-electron chi connectivity index (χ2n) is 7.00. The third-order valence-electron chi connectivity index (χ3n) is 4.97. The Kier molecular flexibility index (Phi) is 7.76. The molecule has 0 atom stereocenters. The molecular weight excluding hydrogens is 432 g/mol. The zero-order valence-corrected chi connectivity index (χ0v) is 19.3. The van der Waals surface area contributed by atoms with Crippen LogP contribution in [0.1, 0.15) is 20.3 Å². The number of sulfonamides is 1. The van der Waals surface area contributed by atoms with E-state index in [-0.39, 0.29) is 23.9 Å². The SMILES string of the molecule is CCOc1ccc(OCC)c(NC(=O)C2=CCN(S(=O)(=O)c3ccc(OC)cc3)CC2)c1. The molecule has 1 N–H and O–H groups in total. The van der Waals surface area contributed by atoms with Crippen molar-refractivity contribution in [1.29, 1.82) is 0 Å². The van der Waals surface area contributed by atoms with Crippen molar-refractivity contribution in [2.75, 3.05) is 38.7 Å². The molecule has 0 unspecified atom stereocenters. The first-order valence-corrected chi connectivity index (χ1v) is 11.9. The minimum Gasteiger partial charge on any atom is -0.497 e. The van der Waals surface area contributed by atoms with Gasteiger partial charge >= 0.3 is 0 Å². The summed E-state index contributed by atoms with van der Waals surface area (Å²) in [6.45, 7) is 5.04. The normalized spacial score (nSPS) is 14.4. The van der Waals surface area contributed by atoms with Gasteiger partial charge in [0.25, 0.3) is 5.91 Å². The fourth-order valence-corrected chi connectivity index (χ4v) is 4.70. The van der Waals surface area contributed by atoms with E-state index in [1.807, 2.05) is 13.8 Å². The lowest BCUT2D eigenvalue weighted by Crippen LogP contribution is -2.36. The molecule has 172 valence electrons. The van der Waals surface area contributed by atoms with Gasteiger partial charge in [-0.2, -0.15) is 4.31 Å². The Labute approximate surface area is 188 Å². The number of hydrogen-bond donors (Lipinski definition) is 1. The standard InChI is InChI=1S/C23H28N2O6S/c1-4-30-19-8-11-22(31-5-2)21(16-19)24-23(26)17-12-14-25(15-13-17)32(27,28)20-9-6-18(29-3)7-10-20/h6-12,16H,4-5,13-15H2,1-3H3,(H,24,26). The monoisotopic (exact) mass is 460 g/mol. The number of nitrogens with one attached hydrogen (secondary N) is 1. The summed E-state index contributed by atoms with van der Waals surface area (Å²) in [4.78, 5) is 13.0. The highest BCUT2D eigenvalue weighted by Crippen LogP contribution is 2.30. The molecule has 1 aliphatic heterocycles. The number of nitrogens with zero attached hydrogens (tertiary/aromatic N) is 1. The Bertz CT molecular complexity index is 1080. The van der Waals surface area contributed by atoms with Crippen molar-refractivity contribution in [2.45, 2.75) is 25.2 Å². The first kappa shape index (κ1) is 23.6. The van der Waals surface area contributed by atoms with Crippen molar-refractivity contribution in [3.05, 3.63) is 54.1 Å². The van der Waals surface area contributed by atoms with Crippen molar-refractivity contribution in [1.82, 2.24) is 4.31 Å². The van der Waals surface area contributed by atoms with Gasteiger partial charge in [-0.1, -0.05) is 6.08 Å². The van der Waals surface area contributed by atoms with E-state index in [1.54, 1.807) is 36.4 Å². The van der Waals surface area contributed by atoms with Crippen molar-refractivity contribution in [3.8, 4) is 17.2 Å². The molecule has 9 heteroatoms. The second kappa shape index (κ2) is 10.5. The molecule has 1 aliphatic rings. The smallest absolute Gasteiger partial charge is 0.251 e. The lowest BCUT2D eigenvalue weighted by Gasteiger charge is -2.25. The van der Waals surface area contributed by atoms with Crippen LogP contribution >= 0.6 is 0 Å². The summed E-state index contributed by atoms with van der Waals surface area (Å²) in [5, 5.41) is 2.87. The summed E-state index contributed by atoms with van der Waals surface area (Å²) < 4.78 is 43.3. The summed E-state index contributed by atoms with van der Waals surface area (Å²) in [6.07, 6.45) is 1.95. The maximum Gasteiger partial charge on any atom is 0.251 e. The molecule has 2 aromatic carbocycles. The lowest BCUT2D eigenvalue weighted by molar-refractivity contribution is -0.113. The van der Waals surface area contributed by atoms with Crippen LogP contribution in [0.2, 0.25) is 0 Å². The number of rotatable bonds is 9. The highest BCUT2D eigenvalue weighted by Gasteiger charge is 2.28. The molecule has 0 radical (unpaired) electrons. The van der Waals surface area contributed by atoms with Crippen molar-refractivity contribution in [3.63, 3.8) is 0 Å². The van der Waals surface area contributed by atoms with Gasteiger partial charge in [-0.3, -0.25) is 4.79 Å². The molecule has 0 aliphatic carbocycles. The highest BCUT2D eigenvalue weighted by atomic mass is 32.2. The van der Waals surface area contributed by atoms with Gasteiger partial charge in [0, 0.05) is 24.7 Å². The topological polar surface area (TPSA) is 94.2 Å². The number of ether oxygens (including phenoxy) is 3. The number of carbonyl (C=O) groups excluding carboxylic acids is 1. The Morgan fingerprint density at radius 1 is 1.03 bits per heavy atom. The molecule has 1 heterocycles. The predicted molar refractivity (Wildman–Crippen MR) is 122 cm³/mol. The molecule has 0 aromatic heterocycles. The van der Waals surface area contributed by atoms with Gasteiger partial charge in [0.2, 0.25) is 10.0 Å². The van der Waals surface area contributed by atoms with Crippen LogP contribution in [0.3, 0.4) is 0 Å². The van der Waals surface area contributed by atoms with Crippen molar-refractivity contribution in [2.24, 2.45) is 0 Å². The van der Waals surface area contributed by atoms with Gasteiger partial charge in [0.05, 0.1) is 30.9 Å². The van der Waals surface area contributed by atoms with E-state index < -0.39 is 10.0 Å². The van der Waals surface area contributed by atoms with Gasteiger partial charge < -0.3 is 19.5 Å². The van der Waals surface area contributed by atoms with Crippen LogP contribution in [0.15, 0.2) is 59.0 Å². The van der Waals surface area contributed by atoms with Gasteiger partial charge in [0.15, 0.2) is 0 Å². The van der Waals surface area contributed by atoms with Gasteiger partial charge in [-0.15, -0.1) is 0 Å². The minimum absolute atomic E-state index is 0.119. The summed E-state index contributed by atoms with van der Waals surface area (Å²) in [6, 6.07) is 11.5. The number of amides is 1. The Morgan fingerprint density at radius 2 is 1.72 bits per heavy atom. The van der Waals surface area contributed by atoms with Crippen LogP contribution in [0.4, 0.5) is 5.69 Å². The molecule has 0 spiro atoms. The average Bonchev–Trinajstić information content (AvgIpc) is 2.81. The van der Waals surface area contributed by atoms with Gasteiger partial charge in [0.1, 0.15) is 17.2 Å². The number of benzene rings is 2. The summed E-state index contributed by atoms with van der Waals surface area (Å²) in [5.74, 6) is 1.47. The van der Waals surface area contributed by atoms with Crippen LogP contribution in [-0.2, 0) is 14.8 Å². The Hall–Kier alpha value is -3.04. The number of anilines is 1. The molecule has 3 rings (SSSR count). The largest absolute Gasteiger partial charge is 0.497 e. The molecule has 0 saturated heterocycles. The van der Waals surface area contributed by atoms with Crippen LogP contribution in [0.5, 0.6) is 17.2 Å². The average molecular weight is 461 g/mol. The summed E-state index contributed by atoms with van der Waals surface area (Å²) in [7, 11) is -2.13. The van der Waals surface area contributed by atoms with Crippen LogP contribution < -0.4 is 19.5 Å². The minimum atomic E-state index is -3.66. The fourth-order valence-electron chi connectivity index (χ4n) is 3.32. The van der Waals surface area contributed by atoms with E-state index in [0.29, 0.717) is 48.1 Å². The van der Waals surface area contributed by atoms with Gasteiger partial charge in [-0.05, 0) is 56.7 Å². The van der Waals surface area contributed by atoms with Crippen molar-refractivity contribution < 1.29 is 27.4 Å². The van der Waals surface area contributed by atoms with Gasteiger partial charge in [-0.25, -0.2) is 8.42 Å². The van der Waals surface area contributed by atoms with E-state index >= 15 is 0 Å². The maximum absolute atomic E-state index is 12.9. The first-order chi connectivity index (χ1) is 15.4. The molecule has 0 fully saturated rings. The lowest BCUT2D eigenvalue weighted by atomic mass is 10.1. The summed E-state index contributed by atoms with van der Waals surface area (Å²) >= 11 is 0. The van der Waals surface area contributed by atoms with Crippen molar-refractivity contribution >= 4 is 21.6 Å². The molecule has 32 heavy (non-hydrogen) atoms. The van der Waals surface area contributed by atoms with E-state index in [9.17, 15) is 13.2 Å². The van der Waals surface area contributed by atoms with E-state index in [1.165, 1.54) is 23.5 Å². The highest BCUT2D eigenvalue weighted by molar-refractivity contribution is 7.89. The van der Waals surface area contributed by atoms with E-state index in [0.717, 1.165) is 0 Å². The number of hydrogen-bond acceptors (Lipinski definition) is 6. The summed E-state index contributed by atoms with van der Waals surface area (Å²) in [5.41, 5.74) is 1.03. The third kappa shape index (κ3) is 5.41. The predicted octanol–water partition coefficient (Wildman–Crippen LogP) is 3.45. The maximum atomic E-state index is 12.9. The molecule has 8 nitrogen and oxygen atoms in total. The molecule has 0 bridgehead atoms. The first-order valence-electron chi connectivity index (χ1n) is 10.4. The van der Waals surface area contributed by atoms with E-state index in [4.69, 9.17) is 14.2 Å². The fraction of sp³-hybridized carbons (Fsp3) is 0.348. The molecule has 2 aromatic rings. The van der Waals surface area contributed by atoms with Crippen LogP contribution in [0, 0.1) is 0 Å². The molecule has 0 saturated carbocycles. The zero-order chi connectivity index (χ0) is 23.1. The molecular formula is C23H28N2O6S. The molecule has 1 amide bonds. The van der Waals surface area contributed by atoms with Crippen LogP contribution in [-0.4, -0.2) is 52.0 Å². The zero-order valence-electron chi connectivity index (χ0n) is 18.5. The van der Waals surface area contributed by atoms with E-state index in [2.05, 4.69) is 5.32 Å². The number of carbonyl (C=O) groups is 1. The Morgan fingerprint density at radius 3 is 2.31 bits per heavy atom. The Balaban J connectivity index is 1.72. The van der Waals surface area contributed by atoms with Crippen LogP contribution in [0.25, 0.3) is 0 Å².